The van der Waals surface area contributed by atoms with Crippen LogP contribution in [0.2, 0.25) is 0 Å². The van der Waals surface area contributed by atoms with Crippen LogP contribution in [0.4, 0.5) is 14.9 Å². The Morgan fingerprint density at radius 3 is 2.50 bits per heavy atom. The number of hydrogen-bond donors (Lipinski definition) is 2. The maximum Gasteiger partial charge on any atom is 0.319 e. The summed E-state index contributed by atoms with van der Waals surface area (Å²) in [6.45, 7) is 4.44. The lowest BCUT2D eigenvalue weighted by Crippen LogP contribution is -2.38. The van der Waals surface area contributed by atoms with Crippen molar-refractivity contribution in [3.05, 3.63) is 64.4 Å². The zero-order valence-electron chi connectivity index (χ0n) is 12.5. The second-order valence-electron chi connectivity index (χ2n) is 5.71. The summed E-state index contributed by atoms with van der Waals surface area (Å²) in [5, 5.41) is 5.62. The highest BCUT2D eigenvalue weighted by Crippen LogP contribution is 2.22. The fraction of sp³-hybridized carbons (Fsp3) is 0.235. The van der Waals surface area contributed by atoms with Gasteiger partial charge in [0.2, 0.25) is 0 Å². The van der Waals surface area contributed by atoms with Gasteiger partial charge < -0.3 is 10.6 Å². The van der Waals surface area contributed by atoms with Gasteiger partial charge in [-0.15, -0.1) is 0 Å². The zero-order valence-corrected chi connectivity index (χ0v) is 14.1. The number of carbonyl (C=O) groups excluding carboxylic acids is 1. The van der Waals surface area contributed by atoms with Gasteiger partial charge in [-0.2, -0.15) is 0 Å². The minimum Gasteiger partial charge on any atom is -0.337 e. The summed E-state index contributed by atoms with van der Waals surface area (Å²) in [6, 6.07) is 13.4. The third-order valence-corrected chi connectivity index (χ3v) is 3.89. The maximum atomic E-state index is 13.0. The lowest BCUT2D eigenvalue weighted by Gasteiger charge is -2.25. The molecule has 0 unspecified atom stereocenters. The number of hydrogen-bond acceptors (Lipinski definition) is 1. The van der Waals surface area contributed by atoms with Crippen LogP contribution in [0.15, 0.2) is 53.0 Å². The number of nitrogens with one attached hydrogen (secondary N) is 2. The van der Waals surface area contributed by atoms with Crippen LogP contribution < -0.4 is 10.6 Å². The van der Waals surface area contributed by atoms with Gasteiger partial charge in [-0.1, -0.05) is 48.0 Å². The van der Waals surface area contributed by atoms with Gasteiger partial charge in [-0.3, -0.25) is 0 Å². The predicted molar refractivity (Wildman–Crippen MR) is 90.6 cm³/mol. The van der Waals surface area contributed by atoms with E-state index < -0.39 is 0 Å². The highest BCUT2D eigenvalue weighted by atomic mass is 79.9. The monoisotopic (exact) mass is 364 g/mol. The molecule has 0 heterocycles. The molecule has 0 aromatic heterocycles. The molecule has 0 saturated heterocycles. The molecule has 0 atom stereocenters. The van der Waals surface area contributed by atoms with Crippen molar-refractivity contribution in [1.29, 1.82) is 0 Å². The summed E-state index contributed by atoms with van der Waals surface area (Å²) in [5.74, 6) is -0.264. The molecular formula is C17H18BrFN2O. The first-order chi connectivity index (χ1) is 10.4. The van der Waals surface area contributed by atoms with Crippen LogP contribution >= 0.6 is 15.9 Å². The summed E-state index contributed by atoms with van der Waals surface area (Å²) >= 11 is 3.36. The average Bonchev–Trinajstić information content (AvgIpc) is 2.46. The molecule has 0 radical (unpaired) electrons. The summed E-state index contributed by atoms with van der Waals surface area (Å²) < 4.78 is 13.9. The van der Waals surface area contributed by atoms with E-state index in [1.165, 1.54) is 12.1 Å². The molecule has 0 aliphatic heterocycles. The van der Waals surface area contributed by atoms with E-state index in [0.29, 0.717) is 12.2 Å². The van der Waals surface area contributed by atoms with E-state index in [1.54, 1.807) is 12.1 Å². The highest BCUT2D eigenvalue weighted by Gasteiger charge is 2.21. The molecule has 5 heteroatoms. The Bertz CT molecular complexity index is 656. The molecule has 0 aliphatic carbocycles. The number of halogens is 2. The number of benzene rings is 2. The van der Waals surface area contributed by atoms with Crippen LogP contribution in [0.1, 0.15) is 19.4 Å². The SMILES string of the molecule is CC(C)(CNC(=O)Nc1cccc(Br)c1)c1ccc(F)cc1. The lowest BCUT2D eigenvalue weighted by atomic mass is 9.84. The van der Waals surface area contributed by atoms with Crippen LogP contribution in [0.3, 0.4) is 0 Å². The first kappa shape index (κ1) is 16.5. The van der Waals surface area contributed by atoms with Crippen molar-refractivity contribution in [2.24, 2.45) is 0 Å². The van der Waals surface area contributed by atoms with Crippen molar-refractivity contribution in [3.63, 3.8) is 0 Å². The molecule has 0 fully saturated rings. The summed E-state index contributed by atoms with van der Waals surface area (Å²) in [7, 11) is 0. The summed E-state index contributed by atoms with van der Waals surface area (Å²) in [6.07, 6.45) is 0. The average molecular weight is 365 g/mol. The number of carbonyl (C=O) groups is 1. The van der Waals surface area contributed by atoms with Gasteiger partial charge in [0.15, 0.2) is 0 Å². The molecular weight excluding hydrogens is 347 g/mol. The molecule has 0 aliphatic rings. The Hall–Kier alpha value is -1.88. The fourth-order valence-corrected chi connectivity index (χ4v) is 2.45. The van der Waals surface area contributed by atoms with Crippen LogP contribution in [-0.4, -0.2) is 12.6 Å². The molecule has 0 bridgehead atoms. The van der Waals surface area contributed by atoms with E-state index in [9.17, 15) is 9.18 Å². The minimum absolute atomic E-state index is 0.264. The topological polar surface area (TPSA) is 41.1 Å². The number of rotatable bonds is 4. The number of anilines is 1. The highest BCUT2D eigenvalue weighted by molar-refractivity contribution is 9.10. The van der Waals surface area contributed by atoms with Gasteiger partial charge >= 0.3 is 6.03 Å². The standard InChI is InChI=1S/C17H18BrFN2O/c1-17(2,12-6-8-14(19)9-7-12)11-20-16(22)21-15-5-3-4-13(18)10-15/h3-10H,11H2,1-2H3,(H2,20,21,22). The summed E-state index contributed by atoms with van der Waals surface area (Å²) in [4.78, 5) is 12.0. The van der Waals surface area contributed by atoms with Crippen molar-refractivity contribution >= 4 is 27.6 Å². The Morgan fingerprint density at radius 2 is 1.86 bits per heavy atom. The largest absolute Gasteiger partial charge is 0.337 e. The molecule has 2 N–H and O–H groups in total. The van der Waals surface area contributed by atoms with Crippen LogP contribution in [0, 0.1) is 5.82 Å². The number of amides is 2. The van der Waals surface area contributed by atoms with E-state index in [0.717, 1.165) is 10.0 Å². The van der Waals surface area contributed by atoms with E-state index in [4.69, 9.17) is 0 Å². The molecule has 0 spiro atoms. The Kier molecular flexibility index (Phi) is 5.19. The van der Waals surface area contributed by atoms with E-state index in [1.807, 2.05) is 38.1 Å². The maximum absolute atomic E-state index is 13.0. The van der Waals surface area contributed by atoms with Crippen molar-refractivity contribution in [2.75, 3.05) is 11.9 Å². The molecule has 22 heavy (non-hydrogen) atoms. The van der Waals surface area contributed by atoms with Gasteiger partial charge in [0.05, 0.1) is 0 Å². The Balaban J connectivity index is 1.93. The quantitative estimate of drug-likeness (QED) is 0.811. The van der Waals surface area contributed by atoms with Gasteiger partial charge in [0.25, 0.3) is 0 Å². The van der Waals surface area contributed by atoms with E-state index >= 15 is 0 Å². The number of urea groups is 1. The van der Waals surface area contributed by atoms with E-state index in [2.05, 4.69) is 26.6 Å². The van der Waals surface area contributed by atoms with Gasteiger partial charge in [-0.05, 0) is 35.9 Å². The van der Waals surface area contributed by atoms with Crippen LogP contribution in [0.25, 0.3) is 0 Å². The zero-order chi connectivity index (χ0) is 16.2. The second kappa shape index (κ2) is 6.92. The van der Waals surface area contributed by atoms with Crippen molar-refractivity contribution in [2.45, 2.75) is 19.3 Å². The molecule has 2 aromatic carbocycles. The Morgan fingerprint density at radius 1 is 1.18 bits per heavy atom. The van der Waals surface area contributed by atoms with Crippen LogP contribution in [-0.2, 0) is 5.41 Å². The minimum atomic E-state index is -0.289. The third kappa shape index (κ3) is 4.56. The van der Waals surface area contributed by atoms with Crippen molar-refractivity contribution < 1.29 is 9.18 Å². The first-order valence-electron chi connectivity index (χ1n) is 6.93. The molecule has 0 saturated carbocycles. The smallest absolute Gasteiger partial charge is 0.319 e. The molecule has 2 aromatic rings. The van der Waals surface area contributed by atoms with Gasteiger partial charge in [0.1, 0.15) is 5.82 Å². The van der Waals surface area contributed by atoms with Crippen molar-refractivity contribution in [1.82, 2.24) is 5.32 Å². The van der Waals surface area contributed by atoms with Gasteiger partial charge in [-0.25, -0.2) is 9.18 Å². The van der Waals surface area contributed by atoms with Crippen molar-refractivity contribution in [3.8, 4) is 0 Å². The molecule has 3 nitrogen and oxygen atoms in total. The molecule has 2 rings (SSSR count). The second-order valence-corrected chi connectivity index (χ2v) is 6.62. The fourth-order valence-electron chi connectivity index (χ4n) is 2.05. The lowest BCUT2D eigenvalue weighted by molar-refractivity contribution is 0.249. The molecule has 116 valence electrons. The van der Waals surface area contributed by atoms with E-state index in [-0.39, 0.29) is 17.3 Å². The third-order valence-electron chi connectivity index (χ3n) is 3.40. The van der Waals surface area contributed by atoms with Crippen LogP contribution in [0.5, 0.6) is 0 Å². The summed E-state index contributed by atoms with van der Waals surface area (Å²) in [5.41, 5.74) is 1.39. The predicted octanol–water partition coefficient (Wildman–Crippen LogP) is 4.69. The normalized spacial score (nSPS) is 11.1. The first-order valence-corrected chi connectivity index (χ1v) is 7.72. The van der Waals surface area contributed by atoms with Gasteiger partial charge in [0, 0.05) is 22.1 Å². The Labute approximate surface area is 138 Å². The molecule has 2 amide bonds.